The quantitative estimate of drug-likeness (QED) is 0.684. The van der Waals surface area contributed by atoms with Crippen LogP contribution in [0.2, 0.25) is 5.02 Å². The van der Waals surface area contributed by atoms with Gasteiger partial charge in [-0.2, -0.15) is 0 Å². The first-order valence-electron chi connectivity index (χ1n) is 6.50. The van der Waals surface area contributed by atoms with E-state index in [1.807, 2.05) is 24.3 Å². The molecule has 3 heteroatoms. The maximum Gasteiger partial charge on any atom is 0.0765 e. The first-order chi connectivity index (χ1) is 9.75. The van der Waals surface area contributed by atoms with Gasteiger partial charge in [0, 0.05) is 6.54 Å². The minimum absolute atomic E-state index is 0.644. The van der Waals surface area contributed by atoms with Gasteiger partial charge < -0.3 is 11.1 Å². The van der Waals surface area contributed by atoms with Crippen molar-refractivity contribution in [2.24, 2.45) is 0 Å². The van der Waals surface area contributed by atoms with Crippen molar-refractivity contribution in [3.63, 3.8) is 0 Å². The average molecular weight is 283 g/mol. The third kappa shape index (κ3) is 2.43. The normalized spacial score (nSPS) is 10.7. The maximum atomic E-state index is 6.17. The number of para-hydroxylation sites is 1. The Hall–Kier alpha value is -2.19. The molecule has 0 bridgehead atoms. The molecule has 0 aliphatic carbocycles. The fourth-order valence-corrected chi connectivity index (χ4v) is 2.61. The minimum Gasteiger partial charge on any atom is -0.397 e. The highest BCUT2D eigenvalue weighted by Gasteiger charge is 2.05. The molecule has 3 rings (SSSR count). The van der Waals surface area contributed by atoms with Crippen LogP contribution in [0.3, 0.4) is 0 Å². The molecule has 0 aromatic heterocycles. The molecule has 0 unspecified atom stereocenters. The Bertz CT molecular complexity index is 727. The van der Waals surface area contributed by atoms with E-state index in [4.69, 9.17) is 17.3 Å². The number of nitrogens with one attached hydrogen (secondary N) is 1. The molecule has 0 saturated heterocycles. The van der Waals surface area contributed by atoms with Crippen molar-refractivity contribution in [3.8, 4) is 0 Å². The zero-order valence-electron chi connectivity index (χ0n) is 10.9. The van der Waals surface area contributed by atoms with Crippen LogP contribution in [-0.4, -0.2) is 0 Å². The van der Waals surface area contributed by atoms with E-state index in [1.54, 1.807) is 0 Å². The van der Waals surface area contributed by atoms with E-state index in [9.17, 15) is 0 Å². The molecular formula is C17H15ClN2. The minimum atomic E-state index is 0.644. The molecule has 2 nitrogen and oxygen atoms in total. The molecule has 0 amide bonds. The zero-order chi connectivity index (χ0) is 13.9. The second-order valence-electron chi connectivity index (χ2n) is 4.70. The fraction of sp³-hybridized carbons (Fsp3) is 0.0588. The number of benzene rings is 3. The van der Waals surface area contributed by atoms with Crippen LogP contribution in [-0.2, 0) is 6.54 Å². The lowest BCUT2D eigenvalue weighted by molar-refractivity contribution is 1.17. The average Bonchev–Trinajstić information content (AvgIpc) is 2.47. The molecule has 0 spiro atoms. The summed E-state index contributed by atoms with van der Waals surface area (Å²) in [5.74, 6) is 0. The Kier molecular flexibility index (Phi) is 3.48. The van der Waals surface area contributed by atoms with Crippen LogP contribution >= 0.6 is 11.6 Å². The molecule has 0 fully saturated rings. The summed E-state index contributed by atoms with van der Waals surface area (Å²) in [4.78, 5) is 0. The van der Waals surface area contributed by atoms with Gasteiger partial charge in [0.2, 0.25) is 0 Å². The Morgan fingerprint density at radius 2 is 1.65 bits per heavy atom. The highest BCUT2D eigenvalue weighted by Crippen LogP contribution is 2.29. The van der Waals surface area contributed by atoms with Crippen LogP contribution in [0.5, 0.6) is 0 Å². The lowest BCUT2D eigenvalue weighted by Crippen LogP contribution is -2.03. The van der Waals surface area contributed by atoms with Gasteiger partial charge in [0.25, 0.3) is 0 Å². The molecule has 3 aromatic rings. The molecule has 0 aliphatic heterocycles. The van der Waals surface area contributed by atoms with Gasteiger partial charge in [-0.15, -0.1) is 0 Å². The van der Waals surface area contributed by atoms with E-state index in [0.717, 1.165) is 5.69 Å². The molecular weight excluding hydrogens is 268 g/mol. The van der Waals surface area contributed by atoms with Gasteiger partial charge in [0.1, 0.15) is 0 Å². The Morgan fingerprint density at radius 1 is 0.900 bits per heavy atom. The summed E-state index contributed by atoms with van der Waals surface area (Å²) in [5.41, 5.74) is 8.63. The van der Waals surface area contributed by atoms with Crippen LogP contribution in [0.1, 0.15) is 5.56 Å². The number of nitrogen functional groups attached to an aromatic ring is 1. The van der Waals surface area contributed by atoms with E-state index in [2.05, 4.69) is 41.7 Å². The standard InChI is InChI=1S/C17H15ClN2/c18-15-9-4-10-16(19)17(15)20-11-13-7-3-6-12-5-1-2-8-14(12)13/h1-10,20H,11,19H2. The van der Waals surface area contributed by atoms with Crippen molar-refractivity contribution in [3.05, 3.63) is 71.2 Å². The van der Waals surface area contributed by atoms with Gasteiger partial charge >= 0.3 is 0 Å². The van der Waals surface area contributed by atoms with E-state index < -0.39 is 0 Å². The molecule has 0 saturated carbocycles. The SMILES string of the molecule is Nc1cccc(Cl)c1NCc1cccc2ccccc12. The molecule has 0 aliphatic rings. The van der Waals surface area contributed by atoms with E-state index in [1.165, 1.54) is 16.3 Å². The van der Waals surface area contributed by atoms with Crippen LogP contribution < -0.4 is 11.1 Å². The predicted octanol–water partition coefficient (Wildman–Crippen LogP) is 4.69. The van der Waals surface area contributed by atoms with E-state index in [0.29, 0.717) is 17.3 Å². The summed E-state index contributed by atoms with van der Waals surface area (Å²) in [7, 11) is 0. The van der Waals surface area contributed by atoms with Gasteiger partial charge in [0.15, 0.2) is 0 Å². The second kappa shape index (κ2) is 5.43. The Morgan fingerprint density at radius 3 is 2.50 bits per heavy atom. The number of anilines is 2. The first kappa shape index (κ1) is 12.8. The fourth-order valence-electron chi connectivity index (χ4n) is 2.36. The topological polar surface area (TPSA) is 38.0 Å². The van der Waals surface area contributed by atoms with Crippen LogP contribution in [0.25, 0.3) is 10.8 Å². The van der Waals surface area contributed by atoms with Gasteiger partial charge in [-0.05, 0) is 28.5 Å². The third-order valence-electron chi connectivity index (χ3n) is 3.38. The second-order valence-corrected chi connectivity index (χ2v) is 5.10. The van der Waals surface area contributed by atoms with Crippen molar-refractivity contribution in [1.29, 1.82) is 0 Å². The molecule has 0 heterocycles. The number of halogens is 1. The molecule has 20 heavy (non-hydrogen) atoms. The summed E-state index contributed by atoms with van der Waals surface area (Å²) in [6.45, 7) is 0.690. The Balaban J connectivity index is 1.91. The monoisotopic (exact) mass is 282 g/mol. The summed E-state index contributed by atoms with van der Waals surface area (Å²) < 4.78 is 0. The summed E-state index contributed by atoms with van der Waals surface area (Å²) >= 11 is 6.17. The number of rotatable bonds is 3. The molecule has 100 valence electrons. The van der Waals surface area contributed by atoms with E-state index in [-0.39, 0.29) is 0 Å². The smallest absolute Gasteiger partial charge is 0.0765 e. The summed E-state index contributed by atoms with van der Waals surface area (Å²) in [5, 5.41) is 6.46. The maximum absolute atomic E-state index is 6.17. The van der Waals surface area contributed by atoms with Crippen LogP contribution in [0.15, 0.2) is 60.7 Å². The molecule has 0 radical (unpaired) electrons. The van der Waals surface area contributed by atoms with Crippen LogP contribution in [0, 0.1) is 0 Å². The largest absolute Gasteiger partial charge is 0.397 e. The van der Waals surface area contributed by atoms with Crippen LogP contribution in [0.4, 0.5) is 11.4 Å². The van der Waals surface area contributed by atoms with Gasteiger partial charge in [-0.1, -0.05) is 60.1 Å². The number of nitrogens with two attached hydrogens (primary N) is 1. The molecule has 3 N–H and O–H groups in total. The third-order valence-corrected chi connectivity index (χ3v) is 3.70. The summed E-state index contributed by atoms with van der Waals surface area (Å²) in [6, 6.07) is 20.2. The molecule has 3 aromatic carbocycles. The van der Waals surface area contributed by atoms with Crippen molar-refractivity contribution in [1.82, 2.24) is 0 Å². The highest BCUT2D eigenvalue weighted by atomic mass is 35.5. The summed E-state index contributed by atoms with van der Waals surface area (Å²) in [6.07, 6.45) is 0. The van der Waals surface area contributed by atoms with Gasteiger partial charge in [-0.25, -0.2) is 0 Å². The van der Waals surface area contributed by atoms with Gasteiger partial charge in [0.05, 0.1) is 16.4 Å². The molecule has 0 atom stereocenters. The Labute approximate surface area is 123 Å². The first-order valence-corrected chi connectivity index (χ1v) is 6.88. The van der Waals surface area contributed by atoms with Crippen molar-refractivity contribution in [2.45, 2.75) is 6.54 Å². The predicted molar refractivity (Wildman–Crippen MR) is 87.1 cm³/mol. The lowest BCUT2D eigenvalue weighted by Gasteiger charge is -2.12. The zero-order valence-corrected chi connectivity index (χ0v) is 11.7. The van der Waals surface area contributed by atoms with E-state index >= 15 is 0 Å². The number of fused-ring (bicyclic) bond motifs is 1. The highest BCUT2D eigenvalue weighted by molar-refractivity contribution is 6.33. The van der Waals surface area contributed by atoms with Crippen molar-refractivity contribution in [2.75, 3.05) is 11.1 Å². The van der Waals surface area contributed by atoms with Gasteiger partial charge in [-0.3, -0.25) is 0 Å². The lowest BCUT2D eigenvalue weighted by atomic mass is 10.0. The van der Waals surface area contributed by atoms with Crippen molar-refractivity contribution >= 4 is 33.7 Å². The van der Waals surface area contributed by atoms with Crippen molar-refractivity contribution < 1.29 is 0 Å². The number of hydrogen-bond donors (Lipinski definition) is 2. The number of hydrogen-bond acceptors (Lipinski definition) is 2.